The molecule has 0 unspecified atom stereocenters. The number of benzene rings is 2. The lowest BCUT2D eigenvalue weighted by atomic mass is 10.2. The summed E-state index contributed by atoms with van der Waals surface area (Å²) in [6.45, 7) is 0. The Kier molecular flexibility index (Phi) is 5.14. The average molecular weight is 402 g/mol. The van der Waals surface area contributed by atoms with Gasteiger partial charge in [-0.1, -0.05) is 18.2 Å². The first-order valence-corrected chi connectivity index (χ1v) is 8.60. The third kappa shape index (κ3) is 4.45. The molecule has 3 N–H and O–H groups in total. The topological polar surface area (TPSA) is 87.3 Å². The van der Waals surface area contributed by atoms with Crippen molar-refractivity contribution in [3.8, 4) is 0 Å². The molecule has 1 aliphatic carbocycles. The lowest BCUT2D eigenvalue weighted by Gasteiger charge is -2.10. The number of carbonyl (C=O) groups is 3. The lowest BCUT2D eigenvalue weighted by Crippen LogP contribution is -2.41. The van der Waals surface area contributed by atoms with Crippen LogP contribution in [-0.4, -0.2) is 17.7 Å². The third-order valence-corrected chi connectivity index (χ3v) is 4.44. The summed E-state index contributed by atoms with van der Waals surface area (Å²) in [5.41, 5.74) is 6.04. The van der Waals surface area contributed by atoms with Crippen LogP contribution in [0.25, 0.3) is 0 Å². The van der Waals surface area contributed by atoms with Crippen LogP contribution < -0.4 is 16.2 Å². The first-order chi connectivity index (χ1) is 12.0. The molecule has 0 aliphatic heterocycles. The van der Waals surface area contributed by atoms with Gasteiger partial charge in [0, 0.05) is 21.6 Å². The summed E-state index contributed by atoms with van der Waals surface area (Å²) in [7, 11) is 0. The van der Waals surface area contributed by atoms with E-state index in [4.69, 9.17) is 0 Å². The number of rotatable bonds is 4. The summed E-state index contributed by atoms with van der Waals surface area (Å²) in [6, 6.07) is 13.5. The van der Waals surface area contributed by atoms with Crippen LogP contribution in [0.2, 0.25) is 0 Å². The van der Waals surface area contributed by atoms with Crippen LogP contribution in [0.4, 0.5) is 5.69 Å². The summed E-state index contributed by atoms with van der Waals surface area (Å²) in [6.07, 6.45) is 1.82. The van der Waals surface area contributed by atoms with Crippen molar-refractivity contribution in [1.82, 2.24) is 10.9 Å². The Morgan fingerprint density at radius 3 is 2.36 bits per heavy atom. The van der Waals surface area contributed by atoms with E-state index in [1.807, 2.05) is 0 Å². The number of anilines is 1. The summed E-state index contributed by atoms with van der Waals surface area (Å²) in [5.74, 6) is -0.845. The van der Waals surface area contributed by atoms with Gasteiger partial charge in [-0.15, -0.1) is 0 Å². The molecule has 128 valence electrons. The molecular formula is C18H16BrN3O3. The van der Waals surface area contributed by atoms with Gasteiger partial charge in [-0.2, -0.15) is 0 Å². The highest BCUT2D eigenvalue weighted by molar-refractivity contribution is 9.10. The number of amides is 3. The largest absolute Gasteiger partial charge is 0.326 e. The normalized spacial score (nSPS) is 13.0. The van der Waals surface area contributed by atoms with Gasteiger partial charge >= 0.3 is 0 Å². The molecule has 0 heterocycles. The summed E-state index contributed by atoms with van der Waals surface area (Å²) in [4.78, 5) is 36.1. The Bertz CT molecular complexity index is 834. The number of hydrogen-bond acceptors (Lipinski definition) is 3. The molecule has 3 amide bonds. The van der Waals surface area contributed by atoms with E-state index in [2.05, 4.69) is 32.1 Å². The van der Waals surface area contributed by atoms with Crippen molar-refractivity contribution in [2.24, 2.45) is 5.92 Å². The van der Waals surface area contributed by atoms with Gasteiger partial charge in [-0.25, -0.2) is 0 Å². The van der Waals surface area contributed by atoms with Crippen molar-refractivity contribution in [2.45, 2.75) is 12.8 Å². The van der Waals surface area contributed by atoms with Crippen LogP contribution in [0.3, 0.4) is 0 Å². The predicted molar refractivity (Wildman–Crippen MR) is 96.9 cm³/mol. The zero-order valence-corrected chi connectivity index (χ0v) is 14.8. The van der Waals surface area contributed by atoms with Crippen molar-refractivity contribution in [1.29, 1.82) is 0 Å². The highest BCUT2D eigenvalue weighted by Crippen LogP contribution is 2.30. The van der Waals surface area contributed by atoms with Gasteiger partial charge in [0.05, 0.1) is 5.56 Å². The van der Waals surface area contributed by atoms with Crippen molar-refractivity contribution < 1.29 is 14.4 Å². The molecule has 0 radical (unpaired) electrons. The Morgan fingerprint density at radius 1 is 0.920 bits per heavy atom. The van der Waals surface area contributed by atoms with Crippen LogP contribution in [0.5, 0.6) is 0 Å². The Morgan fingerprint density at radius 2 is 1.64 bits per heavy atom. The molecule has 0 spiro atoms. The van der Waals surface area contributed by atoms with E-state index in [0.717, 1.165) is 12.8 Å². The Hall–Kier alpha value is -2.67. The molecule has 1 saturated carbocycles. The summed E-state index contributed by atoms with van der Waals surface area (Å²) in [5, 5.41) is 2.78. The molecule has 7 heteroatoms. The fraction of sp³-hybridized carbons (Fsp3) is 0.167. The zero-order chi connectivity index (χ0) is 17.8. The minimum absolute atomic E-state index is 0.0280. The third-order valence-electron chi connectivity index (χ3n) is 3.75. The van der Waals surface area contributed by atoms with Gasteiger partial charge in [0.1, 0.15) is 0 Å². The molecule has 25 heavy (non-hydrogen) atoms. The summed E-state index contributed by atoms with van der Waals surface area (Å²) < 4.78 is 0.631. The van der Waals surface area contributed by atoms with E-state index in [-0.39, 0.29) is 11.8 Å². The van der Waals surface area contributed by atoms with Crippen molar-refractivity contribution >= 4 is 39.3 Å². The second-order valence-electron chi connectivity index (χ2n) is 5.73. The summed E-state index contributed by atoms with van der Waals surface area (Å²) >= 11 is 3.28. The smallest absolute Gasteiger partial charge is 0.270 e. The quantitative estimate of drug-likeness (QED) is 0.688. The van der Waals surface area contributed by atoms with Crippen LogP contribution in [-0.2, 0) is 4.79 Å². The molecule has 3 rings (SSSR count). The van der Waals surface area contributed by atoms with Crippen LogP contribution in [0.15, 0.2) is 53.0 Å². The second kappa shape index (κ2) is 7.48. The minimum atomic E-state index is -0.470. The predicted octanol–water partition coefficient (Wildman–Crippen LogP) is 2.87. The fourth-order valence-corrected chi connectivity index (χ4v) is 2.69. The molecule has 0 atom stereocenters. The van der Waals surface area contributed by atoms with Crippen molar-refractivity contribution in [3.05, 3.63) is 64.1 Å². The van der Waals surface area contributed by atoms with Gasteiger partial charge in [0.15, 0.2) is 0 Å². The van der Waals surface area contributed by atoms with Crippen LogP contribution in [0, 0.1) is 5.92 Å². The number of hydrazine groups is 1. The van der Waals surface area contributed by atoms with E-state index in [9.17, 15) is 14.4 Å². The van der Waals surface area contributed by atoms with Crippen molar-refractivity contribution in [2.75, 3.05) is 5.32 Å². The maximum absolute atomic E-state index is 12.2. The molecule has 1 fully saturated rings. The lowest BCUT2D eigenvalue weighted by molar-refractivity contribution is -0.117. The molecule has 1 aliphatic rings. The maximum atomic E-state index is 12.2. The zero-order valence-electron chi connectivity index (χ0n) is 13.2. The fourth-order valence-electron chi connectivity index (χ4n) is 2.23. The molecule has 6 nitrogen and oxygen atoms in total. The average Bonchev–Trinajstić information content (AvgIpc) is 3.45. The van der Waals surface area contributed by atoms with Gasteiger partial charge in [0.2, 0.25) is 5.91 Å². The van der Waals surface area contributed by atoms with E-state index in [1.165, 1.54) is 0 Å². The van der Waals surface area contributed by atoms with Crippen LogP contribution in [0.1, 0.15) is 33.6 Å². The second-order valence-corrected chi connectivity index (χ2v) is 6.59. The molecule has 0 saturated heterocycles. The van der Waals surface area contributed by atoms with Gasteiger partial charge in [-0.3, -0.25) is 25.2 Å². The molecule has 0 aromatic heterocycles. The molecule has 2 aromatic rings. The van der Waals surface area contributed by atoms with Gasteiger partial charge in [-0.05, 0) is 59.1 Å². The highest BCUT2D eigenvalue weighted by Gasteiger charge is 2.29. The van der Waals surface area contributed by atoms with Crippen molar-refractivity contribution in [3.63, 3.8) is 0 Å². The monoisotopic (exact) mass is 401 g/mol. The SMILES string of the molecule is O=C(NNC(=O)c1ccccc1Br)c1cccc(NC(=O)C2CC2)c1. The first kappa shape index (κ1) is 17.2. The number of carbonyl (C=O) groups excluding carboxylic acids is 3. The van der Waals surface area contributed by atoms with Crippen LogP contribution >= 0.6 is 15.9 Å². The molecule has 0 bridgehead atoms. The number of halogens is 1. The minimum Gasteiger partial charge on any atom is -0.326 e. The Balaban J connectivity index is 1.60. The van der Waals surface area contributed by atoms with E-state index < -0.39 is 11.8 Å². The molecular weight excluding hydrogens is 386 g/mol. The number of nitrogens with one attached hydrogen (secondary N) is 3. The van der Waals surface area contributed by atoms with E-state index >= 15 is 0 Å². The van der Waals surface area contributed by atoms with Gasteiger partial charge in [0.25, 0.3) is 11.8 Å². The maximum Gasteiger partial charge on any atom is 0.270 e. The number of hydrogen-bond donors (Lipinski definition) is 3. The van der Waals surface area contributed by atoms with E-state index in [0.29, 0.717) is 21.3 Å². The standard InChI is InChI=1S/C18H16BrN3O3/c19-15-7-2-1-6-14(15)18(25)22-21-17(24)12-4-3-5-13(10-12)20-16(23)11-8-9-11/h1-7,10-11H,8-9H2,(H,20,23)(H,21,24)(H,22,25). The Labute approximate surface area is 153 Å². The first-order valence-electron chi connectivity index (χ1n) is 7.81. The van der Waals surface area contributed by atoms with E-state index in [1.54, 1.807) is 48.5 Å². The molecule has 2 aromatic carbocycles. The van der Waals surface area contributed by atoms with Gasteiger partial charge < -0.3 is 5.32 Å². The highest BCUT2D eigenvalue weighted by atomic mass is 79.9.